The normalized spacial score (nSPS) is 20.9. The van der Waals surface area contributed by atoms with Gasteiger partial charge in [-0.1, -0.05) is 13.8 Å². The summed E-state index contributed by atoms with van der Waals surface area (Å²) in [4.78, 5) is 11.6. The number of halogens is 1. The maximum atomic E-state index is 13.5. The zero-order valence-electron chi connectivity index (χ0n) is 10.6. The summed E-state index contributed by atoms with van der Waals surface area (Å²) in [6, 6.07) is 3.05. The first-order valence-electron chi connectivity index (χ1n) is 5.74. The zero-order chi connectivity index (χ0) is 14.4. The largest absolute Gasteiger partial charge is 0.323 e. The summed E-state index contributed by atoms with van der Waals surface area (Å²) in [7, 11) is -3.92. The van der Waals surface area contributed by atoms with E-state index in [0.29, 0.717) is 0 Å². The van der Waals surface area contributed by atoms with Gasteiger partial charge in [0.25, 0.3) is 0 Å². The molecule has 7 heteroatoms. The fraction of sp³-hybridized carbons (Fsp3) is 0.417. The van der Waals surface area contributed by atoms with Crippen LogP contribution in [0.1, 0.15) is 20.3 Å². The van der Waals surface area contributed by atoms with Gasteiger partial charge in [0.2, 0.25) is 15.9 Å². The van der Waals surface area contributed by atoms with Gasteiger partial charge in [-0.2, -0.15) is 0 Å². The highest BCUT2D eigenvalue weighted by molar-refractivity contribution is 7.89. The topological polar surface area (TPSA) is 89.3 Å². The molecule has 5 nitrogen and oxygen atoms in total. The maximum absolute atomic E-state index is 13.5. The third-order valence-corrected chi connectivity index (χ3v) is 4.27. The summed E-state index contributed by atoms with van der Waals surface area (Å²) in [5, 5.41) is 7.37. The highest BCUT2D eigenvalue weighted by atomic mass is 32.2. The summed E-state index contributed by atoms with van der Waals surface area (Å²) in [6.45, 7) is 3.88. The molecule has 0 radical (unpaired) electrons. The average Bonchev–Trinajstić information content (AvgIpc) is 2.89. The summed E-state index contributed by atoms with van der Waals surface area (Å²) in [5.74, 6) is -1.18. The van der Waals surface area contributed by atoms with Crippen LogP contribution in [0, 0.1) is 17.2 Å². The second-order valence-electron chi connectivity index (χ2n) is 5.42. The first-order chi connectivity index (χ1) is 8.61. The average molecular weight is 286 g/mol. The number of anilines is 1. The van der Waals surface area contributed by atoms with Crippen molar-refractivity contribution in [1.29, 1.82) is 0 Å². The Labute approximate surface area is 111 Å². The number of benzene rings is 1. The molecule has 2 rings (SSSR count). The molecule has 3 N–H and O–H groups in total. The van der Waals surface area contributed by atoms with Crippen molar-refractivity contribution in [2.45, 2.75) is 25.2 Å². The van der Waals surface area contributed by atoms with E-state index in [2.05, 4.69) is 5.32 Å². The van der Waals surface area contributed by atoms with Crippen molar-refractivity contribution < 1.29 is 17.6 Å². The standard InChI is InChI=1S/C12H15FN2O3S/c1-12(2)6-8(12)11(16)15-10-5-7(19(14,17)18)3-4-9(10)13/h3-5,8H,6H2,1-2H3,(H,15,16)(H2,14,17,18). The molecule has 1 amide bonds. The molecule has 0 spiro atoms. The van der Waals surface area contributed by atoms with Gasteiger partial charge in [-0.3, -0.25) is 4.79 Å². The fourth-order valence-electron chi connectivity index (χ4n) is 1.91. The molecule has 1 aromatic carbocycles. The lowest BCUT2D eigenvalue weighted by molar-refractivity contribution is -0.118. The molecule has 0 saturated heterocycles. The number of nitrogens with two attached hydrogens (primary N) is 1. The molecule has 19 heavy (non-hydrogen) atoms. The van der Waals surface area contributed by atoms with Crippen LogP contribution >= 0.6 is 0 Å². The molecule has 1 unspecified atom stereocenters. The van der Waals surface area contributed by atoms with Crippen molar-refractivity contribution in [2.75, 3.05) is 5.32 Å². The van der Waals surface area contributed by atoms with Crippen LogP contribution in [0.5, 0.6) is 0 Å². The summed E-state index contributed by atoms with van der Waals surface area (Å²) in [6.07, 6.45) is 0.731. The molecule has 104 valence electrons. The predicted molar refractivity (Wildman–Crippen MR) is 68.3 cm³/mol. The Morgan fingerprint density at radius 1 is 1.47 bits per heavy atom. The number of carbonyl (C=O) groups excluding carboxylic acids is 1. The van der Waals surface area contributed by atoms with Gasteiger partial charge in [-0.15, -0.1) is 0 Å². The quantitative estimate of drug-likeness (QED) is 0.881. The summed E-state index contributed by atoms with van der Waals surface area (Å²) in [5.41, 5.74) is -0.253. The minimum absolute atomic E-state index is 0.0852. The lowest BCUT2D eigenvalue weighted by Gasteiger charge is -2.09. The number of amides is 1. The fourth-order valence-corrected chi connectivity index (χ4v) is 2.45. The van der Waals surface area contributed by atoms with E-state index in [4.69, 9.17) is 5.14 Å². The van der Waals surface area contributed by atoms with Crippen LogP contribution in [0.2, 0.25) is 0 Å². The third kappa shape index (κ3) is 2.93. The Morgan fingerprint density at radius 2 is 2.05 bits per heavy atom. The van der Waals surface area contributed by atoms with E-state index < -0.39 is 15.8 Å². The molecular formula is C12H15FN2O3S. The van der Waals surface area contributed by atoms with Crippen molar-refractivity contribution in [1.82, 2.24) is 0 Å². The van der Waals surface area contributed by atoms with Gasteiger partial charge in [-0.25, -0.2) is 17.9 Å². The molecule has 1 fully saturated rings. The van der Waals surface area contributed by atoms with Crippen molar-refractivity contribution in [3.05, 3.63) is 24.0 Å². The van der Waals surface area contributed by atoms with E-state index in [1.165, 1.54) is 0 Å². The molecular weight excluding hydrogens is 271 g/mol. The van der Waals surface area contributed by atoms with Crippen LogP contribution < -0.4 is 10.5 Å². The first kappa shape index (κ1) is 14.0. The van der Waals surface area contributed by atoms with Crippen molar-refractivity contribution in [3.8, 4) is 0 Å². The number of carbonyl (C=O) groups is 1. The van der Waals surface area contributed by atoms with Crippen LogP contribution in [0.15, 0.2) is 23.1 Å². The monoisotopic (exact) mass is 286 g/mol. The Balaban J connectivity index is 2.23. The van der Waals surface area contributed by atoms with Crippen LogP contribution in [0.3, 0.4) is 0 Å². The highest BCUT2D eigenvalue weighted by Gasteiger charge is 2.50. The van der Waals surface area contributed by atoms with E-state index in [0.717, 1.165) is 24.6 Å². The number of sulfonamides is 1. The molecule has 0 heterocycles. The molecule has 1 aliphatic rings. The molecule has 0 aromatic heterocycles. The van der Waals surface area contributed by atoms with E-state index in [9.17, 15) is 17.6 Å². The minimum Gasteiger partial charge on any atom is -0.323 e. The van der Waals surface area contributed by atoms with Crippen LogP contribution in [-0.4, -0.2) is 14.3 Å². The zero-order valence-corrected chi connectivity index (χ0v) is 11.4. The summed E-state index contributed by atoms with van der Waals surface area (Å²) >= 11 is 0. The molecule has 1 atom stereocenters. The van der Waals surface area contributed by atoms with E-state index in [1.807, 2.05) is 13.8 Å². The molecule has 1 saturated carbocycles. The number of hydrogen-bond donors (Lipinski definition) is 2. The summed E-state index contributed by atoms with van der Waals surface area (Å²) < 4.78 is 35.9. The molecule has 0 bridgehead atoms. The van der Waals surface area contributed by atoms with Gasteiger partial charge in [-0.05, 0) is 30.0 Å². The van der Waals surface area contributed by atoms with Crippen LogP contribution in [0.25, 0.3) is 0 Å². The van der Waals surface area contributed by atoms with Gasteiger partial charge < -0.3 is 5.32 Å². The van der Waals surface area contributed by atoms with E-state index in [1.54, 1.807) is 0 Å². The Kier molecular flexibility index (Phi) is 3.14. The van der Waals surface area contributed by atoms with Gasteiger partial charge in [0.15, 0.2) is 0 Å². The SMILES string of the molecule is CC1(C)CC1C(=O)Nc1cc(S(N)(=O)=O)ccc1F. The lowest BCUT2D eigenvalue weighted by atomic mass is 10.1. The number of hydrogen-bond acceptors (Lipinski definition) is 3. The van der Waals surface area contributed by atoms with Gasteiger partial charge in [0, 0.05) is 5.92 Å². The van der Waals surface area contributed by atoms with Crippen molar-refractivity contribution in [2.24, 2.45) is 16.5 Å². The third-order valence-electron chi connectivity index (χ3n) is 3.35. The van der Waals surface area contributed by atoms with E-state index >= 15 is 0 Å². The molecule has 1 aromatic rings. The van der Waals surface area contributed by atoms with Gasteiger partial charge >= 0.3 is 0 Å². The van der Waals surface area contributed by atoms with Crippen LogP contribution in [-0.2, 0) is 14.8 Å². The first-order valence-corrected chi connectivity index (χ1v) is 7.29. The Hall–Kier alpha value is -1.47. The molecule has 0 aliphatic heterocycles. The Bertz CT molecular complexity index is 640. The van der Waals surface area contributed by atoms with Crippen molar-refractivity contribution >= 4 is 21.6 Å². The number of nitrogens with one attached hydrogen (secondary N) is 1. The van der Waals surface area contributed by atoms with Gasteiger partial charge in [0.05, 0.1) is 10.6 Å². The maximum Gasteiger partial charge on any atom is 0.238 e. The van der Waals surface area contributed by atoms with Crippen LogP contribution in [0.4, 0.5) is 10.1 Å². The lowest BCUT2D eigenvalue weighted by Crippen LogP contribution is -2.18. The smallest absolute Gasteiger partial charge is 0.238 e. The Morgan fingerprint density at radius 3 is 2.53 bits per heavy atom. The number of rotatable bonds is 3. The highest BCUT2D eigenvalue weighted by Crippen LogP contribution is 2.52. The second kappa shape index (κ2) is 4.28. The van der Waals surface area contributed by atoms with Gasteiger partial charge in [0.1, 0.15) is 5.82 Å². The number of primary sulfonamides is 1. The van der Waals surface area contributed by atoms with E-state index in [-0.39, 0.29) is 27.8 Å². The minimum atomic E-state index is -3.92. The second-order valence-corrected chi connectivity index (χ2v) is 6.98. The molecule has 1 aliphatic carbocycles. The predicted octanol–water partition coefficient (Wildman–Crippen LogP) is 1.46. The van der Waals surface area contributed by atoms with Crippen molar-refractivity contribution in [3.63, 3.8) is 0 Å².